The van der Waals surface area contributed by atoms with Crippen LogP contribution in [0.1, 0.15) is 0 Å². The third-order valence-electron chi connectivity index (χ3n) is 4.90. The highest BCUT2D eigenvalue weighted by Gasteiger charge is 2.23. The Bertz CT molecular complexity index is 1400. The molecular formula is C19H22N2O8S2. The molecule has 0 amide bonds. The number of fused-ring (bicyclic) bond motifs is 3. The van der Waals surface area contributed by atoms with Crippen LogP contribution in [0.25, 0.3) is 21.7 Å². The van der Waals surface area contributed by atoms with E-state index in [0.29, 0.717) is 10.8 Å². The van der Waals surface area contributed by atoms with E-state index in [1.54, 1.807) is 0 Å². The van der Waals surface area contributed by atoms with Crippen LogP contribution in [0.4, 0.5) is 0 Å². The fourth-order valence-corrected chi connectivity index (χ4v) is 5.46. The van der Waals surface area contributed by atoms with Crippen LogP contribution in [-0.2, 0) is 20.0 Å². The van der Waals surface area contributed by atoms with Crippen molar-refractivity contribution in [1.82, 2.24) is 8.61 Å². The van der Waals surface area contributed by atoms with Crippen LogP contribution in [0, 0.1) is 0 Å². The number of hydrogen-bond acceptors (Lipinski definition) is 8. The van der Waals surface area contributed by atoms with Gasteiger partial charge in [-0.3, -0.25) is 0 Å². The molecule has 0 aliphatic carbocycles. The summed E-state index contributed by atoms with van der Waals surface area (Å²) in [5.41, 5.74) is -0.786. The van der Waals surface area contributed by atoms with Crippen LogP contribution in [0.3, 0.4) is 0 Å². The molecule has 0 unspecified atom stereocenters. The van der Waals surface area contributed by atoms with Crippen molar-refractivity contribution in [3.63, 3.8) is 0 Å². The quantitative estimate of drug-likeness (QED) is 0.350. The Labute approximate surface area is 179 Å². The maximum absolute atomic E-state index is 12.6. The van der Waals surface area contributed by atoms with E-state index >= 15 is 0 Å². The molecule has 0 atom stereocenters. The smallest absolute Gasteiger partial charge is 0.344 e. The third-order valence-corrected chi connectivity index (χ3v) is 8.61. The highest BCUT2D eigenvalue weighted by Crippen LogP contribution is 2.28. The number of hydrogen-bond donors (Lipinski definition) is 2. The number of benzene rings is 2. The lowest BCUT2D eigenvalue weighted by Gasteiger charge is -2.17. The molecule has 31 heavy (non-hydrogen) atoms. The summed E-state index contributed by atoms with van der Waals surface area (Å²) in [7, 11) is -5.17. The molecule has 0 spiro atoms. The van der Waals surface area contributed by atoms with Crippen molar-refractivity contribution in [3.8, 4) is 0 Å². The van der Waals surface area contributed by atoms with Gasteiger partial charge in [-0.05, 0) is 24.3 Å². The average molecular weight is 471 g/mol. The van der Waals surface area contributed by atoms with Gasteiger partial charge in [-0.2, -0.15) is 8.61 Å². The highest BCUT2D eigenvalue weighted by atomic mass is 32.2. The maximum Gasteiger partial charge on any atom is 0.344 e. The second kappa shape index (κ2) is 8.65. The first-order valence-electron chi connectivity index (χ1n) is 9.19. The second-order valence-electron chi connectivity index (χ2n) is 6.86. The van der Waals surface area contributed by atoms with Gasteiger partial charge in [-0.1, -0.05) is 6.07 Å². The van der Waals surface area contributed by atoms with E-state index in [9.17, 15) is 21.6 Å². The summed E-state index contributed by atoms with van der Waals surface area (Å²) in [5, 5.41) is 18.9. The first kappa shape index (κ1) is 23.3. The Balaban J connectivity index is 2.17. The predicted molar refractivity (Wildman–Crippen MR) is 114 cm³/mol. The molecule has 168 valence electrons. The van der Waals surface area contributed by atoms with Crippen molar-refractivity contribution in [1.29, 1.82) is 0 Å². The second-order valence-corrected chi connectivity index (χ2v) is 10.9. The Morgan fingerprint density at radius 1 is 0.774 bits per heavy atom. The van der Waals surface area contributed by atoms with Crippen molar-refractivity contribution >= 4 is 41.8 Å². The van der Waals surface area contributed by atoms with Gasteiger partial charge in [0, 0.05) is 44.0 Å². The molecule has 0 saturated heterocycles. The normalized spacial score (nSPS) is 13.0. The lowest BCUT2D eigenvalue weighted by molar-refractivity contribution is 0.266. The van der Waals surface area contributed by atoms with E-state index in [-0.39, 0.29) is 47.1 Å². The molecule has 0 aliphatic rings. The Morgan fingerprint density at radius 3 is 1.77 bits per heavy atom. The Kier molecular flexibility index (Phi) is 6.51. The fourth-order valence-electron chi connectivity index (χ4n) is 3.09. The molecule has 1 aromatic heterocycles. The van der Waals surface area contributed by atoms with E-state index in [2.05, 4.69) is 0 Å². The van der Waals surface area contributed by atoms with Gasteiger partial charge in [0.05, 0.1) is 28.4 Å². The monoisotopic (exact) mass is 470 g/mol. The molecule has 3 aromatic rings. The van der Waals surface area contributed by atoms with E-state index in [4.69, 9.17) is 14.6 Å². The van der Waals surface area contributed by atoms with Crippen molar-refractivity contribution in [2.24, 2.45) is 0 Å². The minimum Gasteiger partial charge on any atom is -0.422 e. The summed E-state index contributed by atoms with van der Waals surface area (Å²) >= 11 is 0. The minimum absolute atomic E-state index is 0.0268. The SMILES string of the molecule is CN(CCO)S(=O)(=O)c1ccc2c(c1)oc(=O)c1cc(S(=O)(=O)N(C)CCO)ccc12. The van der Waals surface area contributed by atoms with Crippen LogP contribution >= 0.6 is 0 Å². The maximum atomic E-state index is 12.6. The molecule has 0 bridgehead atoms. The number of likely N-dealkylation sites (N-methyl/N-ethyl adjacent to an activating group) is 2. The first-order valence-corrected chi connectivity index (χ1v) is 12.1. The standard InChI is InChI=1S/C19H22N2O8S2/c1-20(7-9-22)30(25,26)13-3-5-15-16-6-4-14(31(27,28)21(2)8-10-23)12-18(16)29-19(24)17(15)11-13/h3-6,11-12,22-23H,7-10H2,1-2H3. The predicted octanol–water partition coefficient (Wildman–Crippen LogP) is 0.172. The number of rotatable bonds is 8. The van der Waals surface area contributed by atoms with Crippen molar-refractivity contribution in [2.75, 3.05) is 40.4 Å². The van der Waals surface area contributed by atoms with E-state index < -0.39 is 25.7 Å². The van der Waals surface area contributed by atoms with Crippen molar-refractivity contribution in [3.05, 3.63) is 46.8 Å². The zero-order chi connectivity index (χ0) is 23.0. The van der Waals surface area contributed by atoms with Gasteiger partial charge in [0.1, 0.15) is 5.58 Å². The molecule has 1 heterocycles. The molecular weight excluding hydrogens is 448 g/mol. The van der Waals surface area contributed by atoms with Gasteiger partial charge >= 0.3 is 5.63 Å². The molecule has 3 rings (SSSR count). The van der Waals surface area contributed by atoms with Gasteiger partial charge in [0.15, 0.2) is 0 Å². The molecule has 10 nitrogen and oxygen atoms in total. The largest absolute Gasteiger partial charge is 0.422 e. The minimum atomic E-state index is -3.92. The van der Waals surface area contributed by atoms with Crippen LogP contribution in [0.5, 0.6) is 0 Å². The topological polar surface area (TPSA) is 145 Å². The van der Waals surface area contributed by atoms with E-state index in [0.717, 1.165) is 8.61 Å². The van der Waals surface area contributed by atoms with E-state index in [1.807, 2.05) is 0 Å². The number of sulfonamides is 2. The third kappa shape index (κ3) is 4.22. The zero-order valence-corrected chi connectivity index (χ0v) is 18.5. The molecule has 0 aliphatic heterocycles. The number of aliphatic hydroxyl groups is 2. The molecule has 0 fully saturated rings. The molecule has 2 aromatic carbocycles. The fraction of sp³-hybridized carbons (Fsp3) is 0.316. The average Bonchev–Trinajstić information content (AvgIpc) is 2.73. The lowest BCUT2D eigenvalue weighted by Crippen LogP contribution is -2.29. The van der Waals surface area contributed by atoms with Gasteiger partial charge in [0.2, 0.25) is 20.0 Å². The summed E-state index contributed by atoms with van der Waals surface area (Å²) in [5.74, 6) is 0. The highest BCUT2D eigenvalue weighted by molar-refractivity contribution is 7.89. The van der Waals surface area contributed by atoms with Gasteiger partial charge < -0.3 is 14.6 Å². The summed E-state index contributed by atoms with van der Waals surface area (Å²) < 4.78 is 57.6. The molecule has 0 saturated carbocycles. The van der Waals surface area contributed by atoms with Crippen molar-refractivity contribution < 1.29 is 31.5 Å². The van der Waals surface area contributed by atoms with Crippen LogP contribution in [0.2, 0.25) is 0 Å². The summed E-state index contributed by atoms with van der Waals surface area (Å²) in [4.78, 5) is 12.3. The first-order chi connectivity index (χ1) is 14.5. The van der Waals surface area contributed by atoms with Gasteiger partial charge in [-0.25, -0.2) is 21.6 Å². The molecule has 2 N–H and O–H groups in total. The lowest BCUT2D eigenvalue weighted by atomic mass is 10.1. The van der Waals surface area contributed by atoms with Crippen molar-refractivity contribution in [2.45, 2.75) is 9.79 Å². The summed E-state index contributed by atoms with van der Waals surface area (Å²) in [6.45, 7) is -0.894. The van der Waals surface area contributed by atoms with E-state index in [1.165, 1.54) is 50.5 Å². The number of aliphatic hydroxyl groups excluding tert-OH is 2. The van der Waals surface area contributed by atoms with Gasteiger partial charge in [0.25, 0.3) is 0 Å². The van der Waals surface area contributed by atoms with Crippen LogP contribution in [0.15, 0.2) is 55.4 Å². The number of nitrogens with zero attached hydrogens (tertiary/aromatic N) is 2. The molecule has 0 radical (unpaired) electrons. The summed E-state index contributed by atoms with van der Waals surface area (Å²) in [6.07, 6.45) is 0. The molecule has 12 heteroatoms. The van der Waals surface area contributed by atoms with Crippen LogP contribution in [-0.4, -0.2) is 76.1 Å². The van der Waals surface area contributed by atoms with Crippen LogP contribution < -0.4 is 5.63 Å². The zero-order valence-electron chi connectivity index (χ0n) is 16.8. The van der Waals surface area contributed by atoms with Gasteiger partial charge in [-0.15, -0.1) is 0 Å². The Hall–Kier alpha value is -2.35. The summed E-state index contributed by atoms with van der Waals surface area (Å²) in [6, 6.07) is 8.05. The Morgan fingerprint density at radius 2 is 1.26 bits per heavy atom.